The second-order valence-electron chi connectivity index (χ2n) is 7.76. The molecule has 2 amide bonds. The van der Waals surface area contributed by atoms with Crippen LogP contribution in [0.4, 0.5) is 0 Å². The van der Waals surface area contributed by atoms with E-state index in [1.807, 2.05) is 0 Å². The number of fused-ring (bicyclic) bond motifs is 5. The second-order valence-corrected chi connectivity index (χ2v) is 10.3. The molecule has 0 N–H and O–H groups in total. The number of alkyl halides is 2. The summed E-state index contributed by atoms with van der Waals surface area (Å²) in [6, 6.07) is 5.16. The van der Waals surface area contributed by atoms with Gasteiger partial charge in [-0.25, -0.2) is 4.79 Å². The van der Waals surface area contributed by atoms with E-state index in [4.69, 9.17) is 16.3 Å². The molecule has 3 aliphatic rings. The van der Waals surface area contributed by atoms with E-state index in [2.05, 4.69) is 31.9 Å². The lowest BCUT2D eigenvalue weighted by Crippen LogP contribution is -2.45. The number of imide groups is 1. The molecule has 1 aromatic carbocycles. The van der Waals surface area contributed by atoms with E-state index in [-0.39, 0.29) is 39.1 Å². The number of benzene rings is 1. The zero-order chi connectivity index (χ0) is 21.0. The minimum Gasteiger partial charge on any atom is -0.456 e. The number of ketones is 1. The largest absolute Gasteiger partial charge is 0.456 e. The number of carbonyl (C=O) groups excluding carboxylic acids is 4. The molecule has 2 aliphatic carbocycles. The Hall–Kier alpha value is -1.25. The summed E-state index contributed by atoms with van der Waals surface area (Å²) < 4.78 is 5.11. The van der Waals surface area contributed by atoms with Crippen molar-refractivity contribution in [2.75, 3.05) is 6.61 Å². The van der Waals surface area contributed by atoms with Crippen LogP contribution in [0, 0.1) is 23.7 Å². The van der Waals surface area contributed by atoms with Crippen LogP contribution in [0.1, 0.15) is 23.7 Å². The van der Waals surface area contributed by atoms with Crippen LogP contribution in [-0.2, 0) is 19.1 Å². The number of Topliss-reactive ketones (excluding diaryl/α,β-unsaturated/α-hetero) is 1. The summed E-state index contributed by atoms with van der Waals surface area (Å²) in [7, 11) is 0. The Bertz CT molecular complexity index is 859. The predicted octanol–water partition coefficient (Wildman–Crippen LogP) is 3.23. The molecule has 1 aromatic rings. The van der Waals surface area contributed by atoms with Crippen molar-refractivity contribution in [2.45, 2.75) is 29.0 Å². The molecule has 7 atom stereocenters. The Morgan fingerprint density at radius 1 is 1.10 bits per heavy atom. The number of likely N-dealkylation sites (tertiary alicyclic amines) is 1. The fourth-order valence-corrected chi connectivity index (χ4v) is 6.83. The summed E-state index contributed by atoms with van der Waals surface area (Å²) in [5.74, 6) is -2.42. The average molecular weight is 548 g/mol. The first kappa shape index (κ1) is 21.0. The van der Waals surface area contributed by atoms with Crippen LogP contribution in [0.3, 0.4) is 0 Å². The summed E-state index contributed by atoms with van der Waals surface area (Å²) in [5.41, 5.74) is 0.362. The van der Waals surface area contributed by atoms with Gasteiger partial charge in [0.1, 0.15) is 6.04 Å². The lowest BCUT2D eigenvalue weighted by Gasteiger charge is -2.28. The number of hydrogen-bond acceptors (Lipinski definition) is 5. The van der Waals surface area contributed by atoms with Crippen molar-refractivity contribution in [3.8, 4) is 0 Å². The maximum atomic E-state index is 13.0. The smallest absolute Gasteiger partial charge is 0.329 e. The predicted molar refractivity (Wildman–Crippen MR) is 112 cm³/mol. The molecule has 0 radical (unpaired) electrons. The first-order valence-corrected chi connectivity index (χ1v) is 11.5. The van der Waals surface area contributed by atoms with Crippen molar-refractivity contribution in [1.29, 1.82) is 0 Å². The molecule has 0 spiro atoms. The van der Waals surface area contributed by atoms with Crippen LogP contribution in [0.2, 0.25) is 5.02 Å². The molecule has 2 saturated carbocycles. The molecule has 3 fully saturated rings. The number of amides is 2. The van der Waals surface area contributed by atoms with Gasteiger partial charge in [0.25, 0.3) is 0 Å². The Labute approximate surface area is 189 Å². The van der Waals surface area contributed by atoms with Gasteiger partial charge in [0.2, 0.25) is 11.8 Å². The summed E-state index contributed by atoms with van der Waals surface area (Å²) in [6.45, 7) is 0.997. The van der Waals surface area contributed by atoms with Gasteiger partial charge in [-0.3, -0.25) is 19.3 Å². The van der Waals surface area contributed by atoms with Crippen LogP contribution in [-0.4, -0.2) is 50.8 Å². The third-order valence-electron chi connectivity index (χ3n) is 6.26. The molecule has 154 valence electrons. The van der Waals surface area contributed by atoms with Crippen molar-refractivity contribution < 1.29 is 23.9 Å². The van der Waals surface area contributed by atoms with Crippen LogP contribution in [0.5, 0.6) is 0 Å². The number of esters is 1. The SMILES string of the molecule is C[C@@H](C(=O)OCC(=O)c1ccc(Cl)cc1)N1C(=O)[C@H]2[C@@H]3C[C@H]([C@@H](Br)[C@H]3Br)[C@@H]2C1=O. The number of halogens is 3. The molecule has 1 aliphatic heterocycles. The highest BCUT2D eigenvalue weighted by Gasteiger charge is 2.67. The molecule has 1 saturated heterocycles. The summed E-state index contributed by atoms with van der Waals surface area (Å²) >= 11 is 13.1. The van der Waals surface area contributed by atoms with E-state index in [9.17, 15) is 19.2 Å². The van der Waals surface area contributed by atoms with E-state index in [1.54, 1.807) is 24.3 Å². The van der Waals surface area contributed by atoms with E-state index < -0.39 is 30.5 Å². The molecule has 6 nitrogen and oxygen atoms in total. The molecule has 29 heavy (non-hydrogen) atoms. The first-order valence-electron chi connectivity index (χ1n) is 9.32. The van der Waals surface area contributed by atoms with Crippen molar-refractivity contribution in [2.24, 2.45) is 23.7 Å². The van der Waals surface area contributed by atoms with Gasteiger partial charge < -0.3 is 4.74 Å². The van der Waals surface area contributed by atoms with Crippen molar-refractivity contribution in [1.82, 2.24) is 4.90 Å². The van der Waals surface area contributed by atoms with E-state index in [1.165, 1.54) is 6.92 Å². The summed E-state index contributed by atoms with van der Waals surface area (Å²) in [4.78, 5) is 51.9. The Morgan fingerprint density at radius 3 is 2.14 bits per heavy atom. The molecular formula is C20H18Br2ClNO5. The van der Waals surface area contributed by atoms with Crippen LogP contribution < -0.4 is 0 Å². The van der Waals surface area contributed by atoms with E-state index >= 15 is 0 Å². The molecule has 0 unspecified atom stereocenters. The molecule has 0 aromatic heterocycles. The zero-order valence-electron chi connectivity index (χ0n) is 15.4. The molecule has 2 bridgehead atoms. The van der Waals surface area contributed by atoms with Gasteiger partial charge in [-0.2, -0.15) is 0 Å². The van der Waals surface area contributed by atoms with E-state index in [0.29, 0.717) is 10.6 Å². The van der Waals surface area contributed by atoms with Crippen molar-refractivity contribution >= 4 is 67.0 Å². The van der Waals surface area contributed by atoms with Crippen molar-refractivity contribution in [3.05, 3.63) is 34.9 Å². The first-order chi connectivity index (χ1) is 13.7. The average Bonchev–Trinajstić information content (AvgIpc) is 3.30. The third-order valence-corrected chi connectivity index (χ3v) is 9.72. The summed E-state index contributed by atoms with van der Waals surface area (Å²) in [6.07, 6.45) is 0.820. The van der Waals surface area contributed by atoms with Gasteiger partial charge in [-0.1, -0.05) is 43.5 Å². The summed E-state index contributed by atoms with van der Waals surface area (Å²) in [5, 5.41) is 0.495. The van der Waals surface area contributed by atoms with Crippen LogP contribution in [0.25, 0.3) is 0 Å². The highest BCUT2D eigenvalue weighted by molar-refractivity contribution is 9.12. The molecule has 1 heterocycles. The number of ether oxygens (including phenoxy) is 1. The lowest BCUT2D eigenvalue weighted by molar-refractivity contribution is -0.157. The number of rotatable bonds is 5. The minimum atomic E-state index is -1.07. The van der Waals surface area contributed by atoms with E-state index in [0.717, 1.165) is 11.3 Å². The topological polar surface area (TPSA) is 80.8 Å². The number of hydrogen-bond donors (Lipinski definition) is 0. The minimum absolute atomic E-state index is 0.0746. The van der Waals surface area contributed by atoms with Crippen LogP contribution >= 0.6 is 43.5 Å². The third kappa shape index (κ3) is 3.37. The monoisotopic (exact) mass is 545 g/mol. The fourth-order valence-electron chi connectivity index (χ4n) is 4.84. The maximum absolute atomic E-state index is 13.0. The Morgan fingerprint density at radius 2 is 1.62 bits per heavy atom. The van der Waals surface area contributed by atoms with Crippen LogP contribution in [0.15, 0.2) is 24.3 Å². The van der Waals surface area contributed by atoms with Gasteiger partial charge in [-0.15, -0.1) is 0 Å². The Balaban J connectivity index is 1.42. The quantitative estimate of drug-likeness (QED) is 0.245. The number of nitrogens with zero attached hydrogens (tertiary/aromatic N) is 1. The van der Waals surface area contributed by atoms with Gasteiger partial charge in [0.05, 0.1) is 11.8 Å². The second kappa shape index (κ2) is 7.78. The standard InChI is InChI=1S/C20H18Br2ClNO5/c1-8(20(28)29-7-13(25)9-2-4-10(23)5-3-9)24-18(26)14-11-6-12(15(14)19(24)27)17(22)16(11)21/h2-5,8,11-12,14-17H,6-7H2,1H3/t8-,11-,12-,14-,15-,16-,17+/m0/s1. The lowest BCUT2D eigenvalue weighted by atomic mass is 9.81. The molecule has 9 heteroatoms. The fraction of sp³-hybridized carbons (Fsp3) is 0.500. The van der Waals surface area contributed by atoms with Gasteiger partial charge in [0, 0.05) is 20.2 Å². The van der Waals surface area contributed by atoms with Crippen molar-refractivity contribution in [3.63, 3.8) is 0 Å². The zero-order valence-corrected chi connectivity index (χ0v) is 19.3. The number of carbonyl (C=O) groups is 4. The molecular weight excluding hydrogens is 529 g/mol. The van der Waals surface area contributed by atoms with Gasteiger partial charge >= 0.3 is 5.97 Å². The normalized spacial score (nSPS) is 33.7. The maximum Gasteiger partial charge on any atom is 0.329 e. The highest BCUT2D eigenvalue weighted by Crippen LogP contribution is 2.60. The highest BCUT2D eigenvalue weighted by atomic mass is 79.9. The van der Waals surface area contributed by atoms with Gasteiger partial charge in [-0.05, 0) is 49.4 Å². The molecule has 4 rings (SSSR count). The Kier molecular flexibility index (Phi) is 5.63. The van der Waals surface area contributed by atoms with Gasteiger partial charge in [0.15, 0.2) is 12.4 Å².